The fraction of sp³-hybridized carbons (Fsp3) is 0.500. The maximum Gasteiger partial charge on any atom is 0.246 e. The van der Waals surface area contributed by atoms with E-state index in [-0.39, 0.29) is 6.04 Å². The minimum atomic E-state index is -0.402. The Morgan fingerprint density at radius 1 is 1.21 bits per heavy atom. The first kappa shape index (κ1) is 16.6. The molecule has 2 unspecified atom stereocenters. The molecule has 1 N–H and O–H groups in total. The van der Waals surface area contributed by atoms with Gasteiger partial charge in [0.2, 0.25) is 5.95 Å². The topological polar surface area (TPSA) is 71.4 Å². The number of hydrogen-bond donors (Lipinski definition) is 1. The highest BCUT2D eigenvalue weighted by atomic mass is 16.5. The van der Waals surface area contributed by atoms with Gasteiger partial charge in [-0.2, -0.15) is 5.10 Å². The van der Waals surface area contributed by atoms with Crippen molar-refractivity contribution >= 4 is 5.95 Å². The van der Waals surface area contributed by atoms with Crippen molar-refractivity contribution in [3.05, 3.63) is 41.2 Å². The number of hydrogen-bond acceptors (Lipinski definition) is 6. The number of aliphatic hydroxyl groups excluding tert-OH is 1. The number of aliphatic hydroxyl groups is 1. The Labute approximate surface area is 142 Å². The molecule has 1 aliphatic heterocycles. The number of aromatic nitrogens is 3. The lowest BCUT2D eigenvalue weighted by Crippen LogP contribution is -2.27. The normalized spacial score (nSPS) is 20.4. The van der Waals surface area contributed by atoms with Crippen LogP contribution in [0.4, 0.5) is 5.95 Å². The summed E-state index contributed by atoms with van der Waals surface area (Å²) in [6, 6.07) is 7.96. The first-order valence-electron chi connectivity index (χ1n) is 8.47. The van der Waals surface area contributed by atoms with Gasteiger partial charge in [-0.15, -0.1) is 5.10 Å². The van der Waals surface area contributed by atoms with Gasteiger partial charge in [0.15, 0.2) is 0 Å². The van der Waals surface area contributed by atoms with Crippen LogP contribution in [-0.2, 0) is 12.8 Å². The summed E-state index contributed by atoms with van der Waals surface area (Å²) in [6.45, 7) is 4.65. The van der Waals surface area contributed by atoms with Crippen molar-refractivity contribution in [3.63, 3.8) is 0 Å². The number of ether oxygens (including phenoxy) is 1. The largest absolute Gasteiger partial charge is 0.497 e. The second-order valence-electron chi connectivity index (χ2n) is 6.05. The highest BCUT2D eigenvalue weighted by Gasteiger charge is 2.34. The van der Waals surface area contributed by atoms with Gasteiger partial charge in [0, 0.05) is 6.54 Å². The van der Waals surface area contributed by atoms with Crippen molar-refractivity contribution in [3.8, 4) is 5.75 Å². The number of benzene rings is 1. The van der Waals surface area contributed by atoms with Crippen LogP contribution in [-0.4, -0.2) is 40.0 Å². The SMILES string of the molecule is CCc1nnc(N2CC(O)CC2c2cccc(OC)c2)nc1CC. The zero-order chi connectivity index (χ0) is 17.1. The first-order valence-corrected chi connectivity index (χ1v) is 8.47. The highest BCUT2D eigenvalue weighted by Crippen LogP contribution is 2.35. The monoisotopic (exact) mass is 328 g/mol. The molecule has 2 heterocycles. The zero-order valence-electron chi connectivity index (χ0n) is 14.4. The number of anilines is 1. The van der Waals surface area contributed by atoms with Crippen LogP contribution < -0.4 is 9.64 Å². The van der Waals surface area contributed by atoms with Crippen molar-refractivity contribution < 1.29 is 9.84 Å². The Kier molecular flexibility index (Phi) is 4.94. The van der Waals surface area contributed by atoms with E-state index in [4.69, 9.17) is 9.72 Å². The van der Waals surface area contributed by atoms with Gasteiger partial charge in [0.1, 0.15) is 5.75 Å². The summed E-state index contributed by atoms with van der Waals surface area (Å²) < 4.78 is 5.32. The third-order valence-electron chi connectivity index (χ3n) is 4.51. The number of methoxy groups -OCH3 is 1. The lowest BCUT2D eigenvalue weighted by molar-refractivity contribution is 0.194. The maximum atomic E-state index is 10.2. The van der Waals surface area contributed by atoms with Crippen molar-refractivity contribution in [1.29, 1.82) is 0 Å². The minimum absolute atomic E-state index is 0.0223. The van der Waals surface area contributed by atoms with Crippen LogP contribution in [0.25, 0.3) is 0 Å². The van der Waals surface area contributed by atoms with Gasteiger partial charge < -0.3 is 14.7 Å². The lowest BCUT2D eigenvalue weighted by Gasteiger charge is -2.25. The molecular weight excluding hydrogens is 304 g/mol. The molecule has 6 nitrogen and oxygen atoms in total. The summed E-state index contributed by atoms with van der Waals surface area (Å²) in [5.41, 5.74) is 3.01. The molecule has 0 radical (unpaired) electrons. The molecule has 1 aromatic heterocycles. The lowest BCUT2D eigenvalue weighted by atomic mass is 10.0. The summed E-state index contributed by atoms with van der Waals surface area (Å²) >= 11 is 0. The summed E-state index contributed by atoms with van der Waals surface area (Å²) in [5, 5.41) is 18.9. The number of rotatable bonds is 5. The average Bonchev–Trinajstić information content (AvgIpc) is 3.03. The van der Waals surface area contributed by atoms with Crippen LogP contribution >= 0.6 is 0 Å². The van der Waals surface area contributed by atoms with Gasteiger partial charge in [-0.1, -0.05) is 26.0 Å². The quantitative estimate of drug-likeness (QED) is 0.908. The molecule has 3 rings (SSSR count). The first-order chi connectivity index (χ1) is 11.7. The van der Waals surface area contributed by atoms with Gasteiger partial charge in [0.25, 0.3) is 0 Å². The maximum absolute atomic E-state index is 10.2. The average molecular weight is 328 g/mol. The Bertz CT molecular complexity index is 707. The Morgan fingerprint density at radius 2 is 2.00 bits per heavy atom. The van der Waals surface area contributed by atoms with Crippen LogP contribution in [0.3, 0.4) is 0 Å². The van der Waals surface area contributed by atoms with E-state index in [1.807, 2.05) is 29.2 Å². The highest BCUT2D eigenvalue weighted by molar-refractivity contribution is 5.41. The van der Waals surface area contributed by atoms with Crippen LogP contribution in [0, 0.1) is 0 Å². The van der Waals surface area contributed by atoms with E-state index >= 15 is 0 Å². The van der Waals surface area contributed by atoms with E-state index in [1.54, 1.807) is 7.11 Å². The van der Waals surface area contributed by atoms with Crippen molar-refractivity contribution in [1.82, 2.24) is 15.2 Å². The van der Waals surface area contributed by atoms with Crippen molar-refractivity contribution in [2.75, 3.05) is 18.6 Å². The summed E-state index contributed by atoms with van der Waals surface area (Å²) in [7, 11) is 1.66. The molecular formula is C18H24N4O2. The number of β-amino-alcohol motifs (C(OH)–C–C–N with tert-alkyl or cyclic N) is 1. The molecule has 2 aromatic rings. The van der Waals surface area contributed by atoms with Crippen LogP contribution in [0.2, 0.25) is 0 Å². The van der Waals surface area contributed by atoms with E-state index in [1.165, 1.54) is 0 Å². The van der Waals surface area contributed by atoms with Crippen LogP contribution in [0.5, 0.6) is 5.75 Å². The van der Waals surface area contributed by atoms with Gasteiger partial charge in [-0.3, -0.25) is 0 Å². The Morgan fingerprint density at radius 3 is 2.71 bits per heavy atom. The molecule has 1 fully saturated rings. The van der Waals surface area contributed by atoms with E-state index in [9.17, 15) is 5.11 Å². The molecule has 6 heteroatoms. The second kappa shape index (κ2) is 7.13. The van der Waals surface area contributed by atoms with Gasteiger partial charge >= 0.3 is 0 Å². The second-order valence-corrected chi connectivity index (χ2v) is 6.05. The van der Waals surface area contributed by atoms with Gasteiger partial charge in [0.05, 0.1) is 30.6 Å². The summed E-state index contributed by atoms with van der Waals surface area (Å²) in [4.78, 5) is 6.75. The molecule has 1 saturated heterocycles. The molecule has 0 aliphatic carbocycles. The van der Waals surface area contributed by atoms with Crippen LogP contribution in [0.1, 0.15) is 43.3 Å². The Hall–Kier alpha value is -2.21. The molecule has 0 amide bonds. The van der Waals surface area contributed by atoms with Crippen molar-refractivity contribution in [2.45, 2.75) is 45.3 Å². The predicted molar refractivity (Wildman–Crippen MR) is 92.3 cm³/mol. The third kappa shape index (κ3) is 3.19. The number of nitrogens with zero attached hydrogens (tertiary/aromatic N) is 4. The molecule has 0 bridgehead atoms. The predicted octanol–water partition coefficient (Wildman–Crippen LogP) is 2.32. The molecule has 0 spiro atoms. The minimum Gasteiger partial charge on any atom is -0.497 e. The smallest absolute Gasteiger partial charge is 0.246 e. The molecule has 128 valence electrons. The number of aryl methyl sites for hydroxylation is 2. The Balaban J connectivity index is 1.95. The molecule has 0 saturated carbocycles. The standard InChI is InChI=1S/C18H24N4O2/c1-4-15-16(5-2)20-21-18(19-15)22-11-13(23)10-17(22)12-7-6-8-14(9-12)24-3/h6-9,13,17,23H,4-5,10-11H2,1-3H3. The molecule has 1 aliphatic rings. The van der Waals surface area contributed by atoms with E-state index < -0.39 is 6.10 Å². The molecule has 24 heavy (non-hydrogen) atoms. The van der Waals surface area contributed by atoms with E-state index in [0.717, 1.165) is 35.5 Å². The molecule has 1 aromatic carbocycles. The summed E-state index contributed by atoms with van der Waals surface area (Å²) in [6.07, 6.45) is 1.89. The van der Waals surface area contributed by atoms with Gasteiger partial charge in [-0.25, -0.2) is 4.98 Å². The molecule has 2 atom stereocenters. The van der Waals surface area contributed by atoms with Crippen LogP contribution in [0.15, 0.2) is 24.3 Å². The zero-order valence-corrected chi connectivity index (χ0v) is 14.4. The summed E-state index contributed by atoms with van der Waals surface area (Å²) in [5.74, 6) is 1.40. The van der Waals surface area contributed by atoms with E-state index in [0.29, 0.717) is 18.9 Å². The van der Waals surface area contributed by atoms with Gasteiger partial charge in [-0.05, 0) is 37.0 Å². The fourth-order valence-electron chi connectivity index (χ4n) is 3.25. The fourth-order valence-corrected chi connectivity index (χ4v) is 3.25. The van der Waals surface area contributed by atoms with E-state index in [2.05, 4.69) is 24.0 Å². The third-order valence-corrected chi connectivity index (χ3v) is 4.51. The van der Waals surface area contributed by atoms with Crippen molar-refractivity contribution in [2.24, 2.45) is 0 Å².